The number of aromatic nitrogens is 3. The zero-order valence-electron chi connectivity index (χ0n) is 36.3. The van der Waals surface area contributed by atoms with Crippen LogP contribution in [0.5, 0.6) is 0 Å². The fourth-order valence-corrected chi connectivity index (χ4v) is 8.25. The van der Waals surface area contributed by atoms with Crippen LogP contribution in [0.25, 0.3) is 82.7 Å². The Labute approximate surface area is 313 Å². The van der Waals surface area contributed by atoms with Crippen LogP contribution in [-0.2, 0) is 7.05 Å². The van der Waals surface area contributed by atoms with Gasteiger partial charge < -0.3 is 4.42 Å². The third kappa shape index (κ3) is 4.74. The molecule has 0 bridgehead atoms. The number of aryl methyl sites for hydroxylation is 4. The molecule has 9 aromatic rings. The number of hydrogen-bond donors (Lipinski definition) is 0. The van der Waals surface area contributed by atoms with E-state index in [0.717, 1.165) is 49.7 Å². The summed E-state index contributed by atoms with van der Waals surface area (Å²) in [4.78, 5) is 4.16. The predicted molar refractivity (Wildman–Crippen MR) is 218 cm³/mol. The van der Waals surface area contributed by atoms with E-state index in [1.807, 2.05) is 18.2 Å². The zero-order valence-corrected chi connectivity index (χ0v) is 30.3. The first kappa shape index (κ1) is 26.1. The van der Waals surface area contributed by atoms with Gasteiger partial charge in [0.05, 0.1) is 7.05 Å². The molecule has 256 valence electrons. The van der Waals surface area contributed by atoms with Crippen molar-refractivity contribution in [1.29, 1.82) is 0 Å². The Morgan fingerprint density at radius 3 is 2.00 bits per heavy atom. The van der Waals surface area contributed by atoms with Gasteiger partial charge in [0.15, 0.2) is 16.6 Å². The molecular weight excluding hydrogens is 635 g/mol. The van der Waals surface area contributed by atoms with Gasteiger partial charge in [-0.3, -0.25) is 4.98 Å². The first-order chi connectivity index (χ1) is 27.5. The van der Waals surface area contributed by atoms with Crippen LogP contribution in [0.3, 0.4) is 0 Å². The Morgan fingerprint density at radius 1 is 0.654 bits per heavy atom. The molecule has 0 radical (unpaired) electrons. The Kier molecular flexibility index (Phi) is 5.98. The number of rotatable bonds is 5. The lowest BCUT2D eigenvalue weighted by atomic mass is 9.88. The molecule has 4 heteroatoms. The third-order valence-electron chi connectivity index (χ3n) is 10.8. The van der Waals surface area contributed by atoms with Gasteiger partial charge in [0.25, 0.3) is 5.82 Å². The van der Waals surface area contributed by atoms with Gasteiger partial charge >= 0.3 is 0 Å². The first-order valence-electron chi connectivity index (χ1n) is 21.0. The van der Waals surface area contributed by atoms with Crippen molar-refractivity contribution >= 4 is 54.5 Å². The summed E-state index contributed by atoms with van der Waals surface area (Å²) in [5, 5.41) is 4.22. The van der Waals surface area contributed by atoms with Gasteiger partial charge in [-0.25, -0.2) is 4.57 Å². The molecule has 0 unspecified atom stereocenters. The molecule has 0 spiro atoms. The Balaban J connectivity index is 1.38. The number of fused-ring (bicyclic) bond motifs is 8. The van der Waals surface area contributed by atoms with Crippen LogP contribution in [-0.4, -0.2) is 9.55 Å². The van der Waals surface area contributed by atoms with Crippen molar-refractivity contribution in [3.8, 4) is 28.2 Å². The maximum atomic E-state index is 8.22. The molecule has 9 rings (SSSR count). The van der Waals surface area contributed by atoms with Gasteiger partial charge in [0.1, 0.15) is 16.8 Å². The quantitative estimate of drug-likeness (QED) is 0.134. The standard InChI is InChI=1S/C48H44N3O/c1-27(2)39-25-33(32-14-10-9-11-15-32)26-40(28(3)4)45(39)51-43-17-13-12-16-42(43)50(8)48(51)44-29(5)18-19-38-37-23-21-35-36(46(37)52-47(38)44)22-20-34-31(7)49-30(6)24-41(34)35/h9-28H,1-8H3/q+1/i6D3,7D3. The molecule has 0 N–H and O–H groups in total. The van der Waals surface area contributed by atoms with Crippen LogP contribution >= 0.6 is 0 Å². The summed E-state index contributed by atoms with van der Waals surface area (Å²) in [7, 11) is 2.12. The van der Waals surface area contributed by atoms with E-state index in [-0.39, 0.29) is 23.2 Å². The lowest BCUT2D eigenvalue weighted by molar-refractivity contribution is -0.633. The van der Waals surface area contributed by atoms with E-state index in [0.29, 0.717) is 21.7 Å². The number of pyridine rings is 1. The molecule has 52 heavy (non-hydrogen) atoms. The molecule has 0 fully saturated rings. The molecule has 0 aliphatic heterocycles. The van der Waals surface area contributed by atoms with Gasteiger partial charge in [-0.1, -0.05) is 94.4 Å². The average molecular weight is 685 g/mol. The van der Waals surface area contributed by atoms with E-state index in [4.69, 9.17) is 12.6 Å². The molecule has 0 saturated carbocycles. The maximum absolute atomic E-state index is 8.22. The number of para-hydroxylation sites is 2. The molecule has 6 aromatic carbocycles. The molecule has 0 saturated heterocycles. The Hall–Kier alpha value is -5.74. The minimum absolute atomic E-state index is 0.214. The Bertz CT molecular complexity index is 3090. The van der Waals surface area contributed by atoms with Crippen LogP contribution in [0.1, 0.15) is 75.8 Å². The molecule has 0 aliphatic carbocycles. The van der Waals surface area contributed by atoms with E-state index in [1.165, 1.54) is 34.0 Å². The Morgan fingerprint density at radius 2 is 1.29 bits per heavy atom. The monoisotopic (exact) mass is 684 g/mol. The zero-order chi connectivity index (χ0) is 41.0. The van der Waals surface area contributed by atoms with Crippen LogP contribution in [0.2, 0.25) is 0 Å². The predicted octanol–water partition coefficient (Wildman–Crippen LogP) is 12.6. The van der Waals surface area contributed by atoms with E-state index in [9.17, 15) is 0 Å². The summed E-state index contributed by atoms with van der Waals surface area (Å²) < 4.78 is 60.8. The summed E-state index contributed by atoms with van der Waals surface area (Å²) in [6.07, 6.45) is 0. The van der Waals surface area contributed by atoms with E-state index in [1.54, 1.807) is 6.07 Å². The van der Waals surface area contributed by atoms with Crippen LogP contribution < -0.4 is 4.57 Å². The fraction of sp³-hybridized carbons (Fsp3) is 0.208. The van der Waals surface area contributed by atoms with Crippen molar-refractivity contribution in [2.75, 3.05) is 0 Å². The summed E-state index contributed by atoms with van der Waals surface area (Å²) in [5.74, 6) is 1.42. The highest BCUT2D eigenvalue weighted by Gasteiger charge is 2.34. The van der Waals surface area contributed by atoms with Gasteiger partial charge in [-0.2, -0.15) is 4.57 Å². The van der Waals surface area contributed by atoms with E-state index in [2.05, 4.69) is 135 Å². The molecule has 3 aromatic heterocycles. The van der Waals surface area contributed by atoms with Gasteiger partial charge in [-0.05, 0) is 102 Å². The van der Waals surface area contributed by atoms with Crippen molar-refractivity contribution in [3.63, 3.8) is 0 Å². The number of benzene rings is 6. The third-order valence-corrected chi connectivity index (χ3v) is 10.8. The van der Waals surface area contributed by atoms with E-state index >= 15 is 0 Å². The topological polar surface area (TPSA) is 34.8 Å². The van der Waals surface area contributed by atoms with Crippen molar-refractivity contribution in [2.24, 2.45) is 7.05 Å². The first-order valence-corrected chi connectivity index (χ1v) is 18.0. The van der Waals surface area contributed by atoms with E-state index < -0.39 is 13.7 Å². The smallest absolute Gasteiger partial charge is 0.299 e. The van der Waals surface area contributed by atoms with Crippen molar-refractivity contribution in [3.05, 3.63) is 137 Å². The normalized spacial score (nSPS) is 14.4. The van der Waals surface area contributed by atoms with Gasteiger partial charge in [-0.15, -0.1) is 0 Å². The summed E-state index contributed by atoms with van der Waals surface area (Å²) >= 11 is 0. The van der Waals surface area contributed by atoms with Crippen LogP contribution in [0, 0.1) is 20.6 Å². The average Bonchev–Trinajstić information content (AvgIpc) is 3.71. The number of nitrogens with zero attached hydrogens (tertiary/aromatic N) is 3. The second-order valence-electron chi connectivity index (χ2n) is 14.7. The summed E-state index contributed by atoms with van der Waals surface area (Å²) in [6, 6.07) is 37.1. The highest BCUT2D eigenvalue weighted by atomic mass is 16.3. The molecular formula is C48H44N3O+. The maximum Gasteiger partial charge on any atom is 0.299 e. The summed E-state index contributed by atoms with van der Waals surface area (Å²) in [6.45, 7) is 5.99. The fourth-order valence-electron chi connectivity index (χ4n) is 8.25. The lowest BCUT2D eigenvalue weighted by Gasteiger charge is -2.21. The molecule has 0 amide bonds. The number of hydrogen-bond acceptors (Lipinski definition) is 2. The minimum Gasteiger partial charge on any atom is -0.454 e. The molecule has 4 nitrogen and oxygen atoms in total. The number of furan rings is 1. The molecule has 0 aliphatic rings. The SMILES string of the molecule is [2H]C([2H])([2H])c1cc2c(ccc3c2ccc2c4ccc(C)c(-c5n(-c6c(C(C)C)cc(-c7ccccc7)cc6C(C)C)c6ccccc6[n+]5C)c4oc23)c(C([2H])([2H])[2H])n1. The van der Waals surface area contributed by atoms with Crippen molar-refractivity contribution in [2.45, 2.75) is 60.2 Å². The second-order valence-corrected chi connectivity index (χ2v) is 14.7. The highest BCUT2D eigenvalue weighted by molar-refractivity contribution is 6.22. The minimum atomic E-state index is -2.61. The second kappa shape index (κ2) is 11.9. The van der Waals surface area contributed by atoms with Gasteiger partial charge in [0.2, 0.25) is 0 Å². The lowest BCUT2D eigenvalue weighted by Crippen LogP contribution is -2.30. The van der Waals surface area contributed by atoms with Crippen molar-refractivity contribution in [1.82, 2.24) is 9.55 Å². The van der Waals surface area contributed by atoms with Crippen LogP contribution in [0.4, 0.5) is 0 Å². The number of imidazole rings is 1. The largest absolute Gasteiger partial charge is 0.454 e. The van der Waals surface area contributed by atoms with Crippen molar-refractivity contribution < 1.29 is 17.2 Å². The van der Waals surface area contributed by atoms with Gasteiger partial charge in [0, 0.05) is 52.3 Å². The highest BCUT2D eigenvalue weighted by Crippen LogP contribution is 2.44. The van der Waals surface area contributed by atoms with Crippen LogP contribution in [0.15, 0.2) is 114 Å². The summed E-state index contributed by atoms with van der Waals surface area (Å²) in [5.41, 5.74) is 11.2. The molecule has 3 heterocycles. The molecule has 0 atom stereocenters.